The van der Waals surface area contributed by atoms with E-state index in [9.17, 15) is 0 Å². The van der Waals surface area contributed by atoms with Gasteiger partial charge in [-0.3, -0.25) is 0 Å². The number of halogens is 1. The highest BCUT2D eigenvalue weighted by Gasteiger charge is 2.29. The minimum absolute atomic E-state index is 0.159. The minimum Gasteiger partial charge on any atom is -0.487 e. The van der Waals surface area contributed by atoms with E-state index in [1.165, 1.54) is 11.1 Å². The average Bonchev–Trinajstić information content (AvgIpc) is 2.63. The molecule has 94 valence electrons. The van der Waals surface area contributed by atoms with Gasteiger partial charge in [0.05, 0.1) is 6.10 Å². The molecule has 1 atom stereocenters. The first-order valence-corrected chi connectivity index (χ1v) is 6.86. The number of hydrogen-bond donors (Lipinski definition) is 0. The molecular weight excluding hydrogens is 280 g/mol. The smallest absolute Gasteiger partial charge is 0.165 e. The van der Waals surface area contributed by atoms with Crippen molar-refractivity contribution < 1.29 is 9.47 Å². The van der Waals surface area contributed by atoms with Crippen LogP contribution in [0.3, 0.4) is 0 Å². The van der Waals surface area contributed by atoms with Crippen molar-refractivity contribution in [1.82, 2.24) is 0 Å². The summed E-state index contributed by atoms with van der Waals surface area (Å²) in [6, 6.07) is 0. The molecule has 0 radical (unpaired) electrons. The Bertz CT molecular complexity index is 452. The number of ether oxygens (including phenoxy) is 2. The zero-order chi connectivity index (χ0) is 12.7. The standard InChI is InChI=1S/C14H19BrO2/c1-7(2)16-13-10(5)12(15)9(4)11-6-8(3)17-14(11)13/h7-8H,6H2,1-5H3. The largest absolute Gasteiger partial charge is 0.487 e. The number of benzene rings is 1. The predicted molar refractivity (Wildman–Crippen MR) is 73.2 cm³/mol. The van der Waals surface area contributed by atoms with E-state index in [1.54, 1.807) is 0 Å². The molecule has 0 aromatic heterocycles. The van der Waals surface area contributed by atoms with Crippen LogP contribution < -0.4 is 9.47 Å². The summed E-state index contributed by atoms with van der Waals surface area (Å²) in [7, 11) is 0. The molecular formula is C14H19BrO2. The van der Waals surface area contributed by atoms with Crippen molar-refractivity contribution >= 4 is 15.9 Å². The van der Waals surface area contributed by atoms with Crippen LogP contribution in [0.5, 0.6) is 11.5 Å². The van der Waals surface area contributed by atoms with Crippen LogP contribution in [0.4, 0.5) is 0 Å². The number of fused-ring (bicyclic) bond motifs is 1. The molecule has 2 rings (SSSR count). The third kappa shape index (κ3) is 2.17. The minimum atomic E-state index is 0.159. The fourth-order valence-corrected chi connectivity index (χ4v) is 2.69. The molecule has 0 bridgehead atoms. The molecule has 3 heteroatoms. The van der Waals surface area contributed by atoms with E-state index in [0.717, 1.165) is 28.0 Å². The Hall–Kier alpha value is -0.700. The molecule has 0 saturated carbocycles. The lowest BCUT2D eigenvalue weighted by Gasteiger charge is -2.19. The molecule has 1 aromatic rings. The third-order valence-electron chi connectivity index (χ3n) is 3.10. The monoisotopic (exact) mass is 298 g/mol. The summed E-state index contributed by atoms with van der Waals surface area (Å²) in [5.74, 6) is 1.85. The van der Waals surface area contributed by atoms with Gasteiger partial charge in [-0.05, 0) is 40.2 Å². The van der Waals surface area contributed by atoms with E-state index in [2.05, 4.69) is 36.7 Å². The van der Waals surface area contributed by atoms with Crippen molar-refractivity contribution in [3.63, 3.8) is 0 Å². The first-order valence-electron chi connectivity index (χ1n) is 6.06. The molecule has 1 aromatic carbocycles. The Morgan fingerprint density at radius 1 is 1.29 bits per heavy atom. The Morgan fingerprint density at radius 2 is 1.94 bits per heavy atom. The summed E-state index contributed by atoms with van der Waals surface area (Å²) in [4.78, 5) is 0. The van der Waals surface area contributed by atoms with Gasteiger partial charge in [0.25, 0.3) is 0 Å². The van der Waals surface area contributed by atoms with Crippen LogP contribution in [0.2, 0.25) is 0 Å². The van der Waals surface area contributed by atoms with Crippen molar-refractivity contribution in [2.45, 2.75) is 53.2 Å². The van der Waals surface area contributed by atoms with Crippen molar-refractivity contribution in [1.29, 1.82) is 0 Å². The first-order chi connectivity index (χ1) is 7.91. The highest BCUT2D eigenvalue weighted by Crippen LogP contribution is 2.46. The summed E-state index contributed by atoms with van der Waals surface area (Å²) in [6.07, 6.45) is 1.37. The summed E-state index contributed by atoms with van der Waals surface area (Å²) in [5.41, 5.74) is 3.69. The molecule has 0 fully saturated rings. The van der Waals surface area contributed by atoms with Crippen molar-refractivity contribution in [3.05, 3.63) is 21.2 Å². The highest BCUT2D eigenvalue weighted by molar-refractivity contribution is 9.10. The second-order valence-electron chi connectivity index (χ2n) is 5.00. The summed E-state index contributed by atoms with van der Waals surface area (Å²) in [6.45, 7) is 10.4. The fourth-order valence-electron chi connectivity index (χ4n) is 2.27. The Labute approximate surface area is 111 Å². The van der Waals surface area contributed by atoms with Crippen molar-refractivity contribution in [2.24, 2.45) is 0 Å². The van der Waals surface area contributed by atoms with Gasteiger partial charge in [0, 0.05) is 22.0 Å². The van der Waals surface area contributed by atoms with E-state index in [0.29, 0.717) is 0 Å². The molecule has 1 unspecified atom stereocenters. The summed E-state index contributed by atoms with van der Waals surface area (Å²) < 4.78 is 13.0. The zero-order valence-electron chi connectivity index (χ0n) is 11.1. The van der Waals surface area contributed by atoms with Gasteiger partial charge in [0.1, 0.15) is 6.10 Å². The van der Waals surface area contributed by atoms with Gasteiger partial charge in [0.15, 0.2) is 11.5 Å². The van der Waals surface area contributed by atoms with Gasteiger partial charge < -0.3 is 9.47 Å². The van der Waals surface area contributed by atoms with Gasteiger partial charge in [0.2, 0.25) is 0 Å². The molecule has 17 heavy (non-hydrogen) atoms. The average molecular weight is 299 g/mol. The second-order valence-corrected chi connectivity index (χ2v) is 5.79. The van der Waals surface area contributed by atoms with Crippen LogP contribution in [0.1, 0.15) is 37.5 Å². The highest BCUT2D eigenvalue weighted by atomic mass is 79.9. The van der Waals surface area contributed by atoms with Crippen molar-refractivity contribution in [2.75, 3.05) is 0 Å². The van der Waals surface area contributed by atoms with Crippen LogP contribution >= 0.6 is 15.9 Å². The summed E-state index contributed by atoms with van der Waals surface area (Å²) >= 11 is 3.66. The van der Waals surface area contributed by atoms with E-state index < -0.39 is 0 Å². The van der Waals surface area contributed by atoms with Crippen LogP contribution in [0.15, 0.2) is 4.47 Å². The van der Waals surface area contributed by atoms with E-state index in [-0.39, 0.29) is 12.2 Å². The summed E-state index contributed by atoms with van der Waals surface area (Å²) in [5, 5.41) is 0. The van der Waals surface area contributed by atoms with Gasteiger partial charge in [-0.25, -0.2) is 0 Å². The van der Waals surface area contributed by atoms with Gasteiger partial charge in [-0.2, -0.15) is 0 Å². The maximum absolute atomic E-state index is 5.92. The van der Waals surface area contributed by atoms with E-state index >= 15 is 0 Å². The fraction of sp³-hybridized carbons (Fsp3) is 0.571. The van der Waals surface area contributed by atoms with Gasteiger partial charge in [-0.15, -0.1) is 0 Å². The molecule has 0 spiro atoms. The van der Waals surface area contributed by atoms with Crippen LogP contribution in [-0.4, -0.2) is 12.2 Å². The molecule has 1 heterocycles. The lowest BCUT2D eigenvalue weighted by atomic mass is 10.0. The first kappa shape index (κ1) is 12.7. The van der Waals surface area contributed by atoms with Crippen LogP contribution in [-0.2, 0) is 6.42 Å². The maximum Gasteiger partial charge on any atom is 0.165 e. The topological polar surface area (TPSA) is 18.5 Å². The van der Waals surface area contributed by atoms with Gasteiger partial charge >= 0.3 is 0 Å². The lowest BCUT2D eigenvalue weighted by molar-refractivity contribution is 0.206. The molecule has 0 amide bonds. The maximum atomic E-state index is 5.92. The van der Waals surface area contributed by atoms with E-state index in [4.69, 9.17) is 9.47 Å². The lowest BCUT2D eigenvalue weighted by Crippen LogP contribution is -2.09. The SMILES string of the molecule is Cc1c(Br)c(C)c(OC(C)C)c2c1CC(C)O2. The number of rotatable bonds is 2. The van der Waals surface area contributed by atoms with Gasteiger partial charge in [-0.1, -0.05) is 15.9 Å². The van der Waals surface area contributed by atoms with Crippen molar-refractivity contribution in [3.8, 4) is 11.5 Å². The van der Waals surface area contributed by atoms with Crippen LogP contribution in [0, 0.1) is 13.8 Å². The van der Waals surface area contributed by atoms with E-state index in [1.807, 2.05) is 13.8 Å². The quantitative estimate of drug-likeness (QED) is 0.815. The third-order valence-corrected chi connectivity index (χ3v) is 4.29. The molecule has 1 aliphatic rings. The normalized spacial score (nSPS) is 18.2. The van der Waals surface area contributed by atoms with Crippen LogP contribution in [0.25, 0.3) is 0 Å². The molecule has 0 N–H and O–H groups in total. The Balaban J connectivity index is 2.59. The number of hydrogen-bond acceptors (Lipinski definition) is 2. The Kier molecular flexibility index (Phi) is 3.39. The molecule has 1 aliphatic heterocycles. The molecule has 0 saturated heterocycles. The zero-order valence-corrected chi connectivity index (χ0v) is 12.6. The Morgan fingerprint density at radius 3 is 2.53 bits per heavy atom. The molecule has 2 nitrogen and oxygen atoms in total. The predicted octanol–water partition coefficient (Wildman–Crippen LogP) is 4.18. The molecule has 0 aliphatic carbocycles. The second kappa shape index (κ2) is 4.52.